The number of nitrogens with one attached hydrogen (secondary N) is 1. The van der Waals surface area contributed by atoms with Gasteiger partial charge in [-0.1, -0.05) is 30.3 Å². The van der Waals surface area contributed by atoms with Gasteiger partial charge in [0.2, 0.25) is 5.91 Å². The number of benzene rings is 2. The third-order valence-corrected chi connectivity index (χ3v) is 5.08. The minimum atomic E-state index is -0.105. The van der Waals surface area contributed by atoms with Crippen LogP contribution in [0.4, 0.5) is 0 Å². The minimum Gasteiger partial charge on any atom is -0.355 e. The van der Waals surface area contributed by atoms with E-state index in [1.165, 1.54) is 15.8 Å². The molecule has 1 amide bonds. The maximum atomic E-state index is 12.5. The molecule has 0 bridgehead atoms. The highest BCUT2D eigenvalue weighted by atomic mass is 32.2. The van der Waals surface area contributed by atoms with Crippen LogP contribution in [0.5, 0.6) is 0 Å². The maximum Gasteiger partial charge on any atom is 0.261 e. The number of hydrogen-bond acceptors (Lipinski definition) is 4. The zero-order chi connectivity index (χ0) is 18.4. The zero-order valence-corrected chi connectivity index (χ0v) is 15.5. The molecule has 1 N–H and O–H groups in total. The summed E-state index contributed by atoms with van der Waals surface area (Å²) in [6, 6.07) is 15.6. The van der Waals surface area contributed by atoms with Crippen LogP contribution in [-0.4, -0.2) is 27.8 Å². The summed E-state index contributed by atoms with van der Waals surface area (Å²) in [6.45, 7) is 2.86. The molecule has 0 aliphatic rings. The summed E-state index contributed by atoms with van der Waals surface area (Å²) in [6.07, 6.45) is 1.78. The molecule has 0 aliphatic heterocycles. The SMILES string of the molecule is Cc1cccc2c(=O)n(CCC(=O)NCCSc3ccccc3)cnc12. The number of rotatable bonds is 7. The highest BCUT2D eigenvalue weighted by Crippen LogP contribution is 2.15. The van der Waals surface area contributed by atoms with Gasteiger partial charge in [0.05, 0.1) is 17.2 Å². The topological polar surface area (TPSA) is 64.0 Å². The molecule has 2 aromatic carbocycles. The fourth-order valence-corrected chi connectivity index (χ4v) is 3.47. The Hall–Kier alpha value is -2.60. The molecule has 0 radical (unpaired) electrons. The van der Waals surface area contributed by atoms with E-state index in [0.29, 0.717) is 18.5 Å². The summed E-state index contributed by atoms with van der Waals surface area (Å²) in [7, 11) is 0. The van der Waals surface area contributed by atoms with E-state index in [2.05, 4.69) is 10.3 Å². The van der Waals surface area contributed by atoms with E-state index in [1.54, 1.807) is 17.8 Å². The molecule has 5 nitrogen and oxygen atoms in total. The average molecular weight is 367 g/mol. The normalized spacial score (nSPS) is 10.8. The van der Waals surface area contributed by atoms with Crippen LogP contribution in [0, 0.1) is 6.92 Å². The zero-order valence-electron chi connectivity index (χ0n) is 14.6. The monoisotopic (exact) mass is 367 g/mol. The molecule has 1 aromatic heterocycles. The molecule has 0 fully saturated rings. The van der Waals surface area contributed by atoms with Crippen LogP contribution in [0.2, 0.25) is 0 Å². The number of thioether (sulfide) groups is 1. The van der Waals surface area contributed by atoms with Crippen molar-refractivity contribution in [3.05, 3.63) is 70.8 Å². The predicted molar refractivity (Wildman–Crippen MR) is 106 cm³/mol. The van der Waals surface area contributed by atoms with Gasteiger partial charge < -0.3 is 5.32 Å². The van der Waals surface area contributed by atoms with E-state index in [0.717, 1.165) is 16.8 Å². The molecule has 0 atom stereocenters. The van der Waals surface area contributed by atoms with Gasteiger partial charge in [-0.05, 0) is 30.7 Å². The van der Waals surface area contributed by atoms with Crippen molar-refractivity contribution in [1.29, 1.82) is 0 Å². The quantitative estimate of drug-likeness (QED) is 0.515. The van der Waals surface area contributed by atoms with Crippen molar-refractivity contribution >= 4 is 28.6 Å². The first kappa shape index (κ1) is 18.2. The molecule has 0 saturated heterocycles. The van der Waals surface area contributed by atoms with Gasteiger partial charge in [0.1, 0.15) is 0 Å². The molecular weight excluding hydrogens is 346 g/mol. The van der Waals surface area contributed by atoms with E-state index >= 15 is 0 Å². The molecule has 0 spiro atoms. The van der Waals surface area contributed by atoms with E-state index < -0.39 is 0 Å². The molecule has 3 aromatic rings. The van der Waals surface area contributed by atoms with Gasteiger partial charge in [-0.15, -0.1) is 11.8 Å². The number of aryl methyl sites for hydroxylation is 2. The first-order valence-electron chi connectivity index (χ1n) is 8.54. The smallest absolute Gasteiger partial charge is 0.261 e. The van der Waals surface area contributed by atoms with E-state index in [4.69, 9.17) is 0 Å². The van der Waals surface area contributed by atoms with Crippen molar-refractivity contribution in [2.45, 2.75) is 24.8 Å². The van der Waals surface area contributed by atoms with Crippen LogP contribution in [-0.2, 0) is 11.3 Å². The molecule has 6 heteroatoms. The van der Waals surface area contributed by atoms with Crippen LogP contribution in [0.1, 0.15) is 12.0 Å². The van der Waals surface area contributed by atoms with Crippen molar-refractivity contribution < 1.29 is 4.79 Å². The third-order valence-electron chi connectivity index (χ3n) is 4.07. The van der Waals surface area contributed by atoms with Crippen LogP contribution >= 0.6 is 11.8 Å². The lowest BCUT2D eigenvalue weighted by Crippen LogP contribution is -2.29. The first-order chi connectivity index (χ1) is 12.6. The fourth-order valence-electron chi connectivity index (χ4n) is 2.68. The number of amides is 1. The number of aromatic nitrogens is 2. The Morgan fingerprint density at radius 1 is 1.15 bits per heavy atom. The Kier molecular flexibility index (Phi) is 6.07. The molecule has 0 unspecified atom stereocenters. The summed E-state index contributed by atoms with van der Waals surface area (Å²) in [5.74, 6) is 0.752. The van der Waals surface area contributed by atoms with Crippen LogP contribution < -0.4 is 10.9 Å². The first-order valence-corrected chi connectivity index (χ1v) is 9.53. The van der Waals surface area contributed by atoms with Gasteiger partial charge in [-0.2, -0.15) is 0 Å². The minimum absolute atomic E-state index is 0.0603. The molecule has 0 aliphatic carbocycles. The highest BCUT2D eigenvalue weighted by molar-refractivity contribution is 7.99. The average Bonchev–Trinajstić information content (AvgIpc) is 2.66. The van der Waals surface area contributed by atoms with Gasteiger partial charge >= 0.3 is 0 Å². The van der Waals surface area contributed by atoms with Crippen molar-refractivity contribution in [2.75, 3.05) is 12.3 Å². The molecular formula is C20H21N3O2S. The summed E-state index contributed by atoms with van der Waals surface area (Å²) in [4.78, 5) is 30.0. The number of fused-ring (bicyclic) bond motifs is 1. The number of nitrogens with zero attached hydrogens (tertiary/aromatic N) is 2. The summed E-state index contributed by atoms with van der Waals surface area (Å²) in [5.41, 5.74) is 1.59. The van der Waals surface area contributed by atoms with Gasteiger partial charge in [0.15, 0.2) is 0 Å². The van der Waals surface area contributed by atoms with Gasteiger partial charge in [-0.25, -0.2) is 4.98 Å². The maximum absolute atomic E-state index is 12.5. The highest BCUT2D eigenvalue weighted by Gasteiger charge is 2.07. The van der Waals surface area contributed by atoms with Gasteiger partial charge in [0.25, 0.3) is 5.56 Å². The predicted octanol–water partition coefficient (Wildman–Crippen LogP) is 3.00. The van der Waals surface area contributed by atoms with Gasteiger partial charge in [0, 0.05) is 30.2 Å². The number of carbonyl (C=O) groups is 1. The standard InChI is InChI=1S/C20H21N3O2S/c1-15-6-5-9-17-19(15)22-14-23(20(17)25)12-10-18(24)21-11-13-26-16-7-3-2-4-8-16/h2-9,14H,10-13H2,1H3,(H,21,24). The Morgan fingerprint density at radius 2 is 1.96 bits per heavy atom. The Balaban J connectivity index is 1.49. The Labute approximate surface area is 156 Å². The van der Waals surface area contributed by atoms with Crippen molar-refractivity contribution in [3.8, 4) is 0 Å². The lowest BCUT2D eigenvalue weighted by Gasteiger charge is -2.08. The number of para-hydroxylation sites is 1. The van der Waals surface area contributed by atoms with E-state index in [1.807, 2.05) is 49.4 Å². The molecule has 134 valence electrons. The Morgan fingerprint density at radius 3 is 2.77 bits per heavy atom. The third kappa shape index (κ3) is 4.52. The lowest BCUT2D eigenvalue weighted by molar-refractivity contribution is -0.121. The largest absolute Gasteiger partial charge is 0.355 e. The summed E-state index contributed by atoms with van der Waals surface area (Å²) in [5, 5.41) is 3.48. The number of hydrogen-bond donors (Lipinski definition) is 1. The molecule has 0 saturated carbocycles. The lowest BCUT2D eigenvalue weighted by atomic mass is 10.1. The van der Waals surface area contributed by atoms with Crippen LogP contribution in [0.25, 0.3) is 10.9 Å². The van der Waals surface area contributed by atoms with Crippen molar-refractivity contribution in [3.63, 3.8) is 0 Å². The summed E-state index contributed by atoms with van der Waals surface area (Å²) < 4.78 is 1.50. The molecule has 26 heavy (non-hydrogen) atoms. The molecule has 3 rings (SSSR count). The second-order valence-corrected chi connectivity index (χ2v) is 7.14. The van der Waals surface area contributed by atoms with E-state index in [9.17, 15) is 9.59 Å². The van der Waals surface area contributed by atoms with Crippen LogP contribution in [0.15, 0.2) is 64.5 Å². The Bertz CT molecular complexity index is 954. The summed E-state index contributed by atoms with van der Waals surface area (Å²) >= 11 is 1.70. The van der Waals surface area contributed by atoms with E-state index in [-0.39, 0.29) is 17.9 Å². The molecule has 1 heterocycles. The van der Waals surface area contributed by atoms with Crippen LogP contribution in [0.3, 0.4) is 0 Å². The second kappa shape index (κ2) is 8.67. The fraction of sp³-hybridized carbons (Fsp3) is 0.250. The second-order valence-electron chi connectivity index (χ2n) is 5.98. The number of carbonyl (C=O) groups excluding carboxylic acids is 1. The van der Waals surface area contributed by atoms with Gasteiger partial charge in [-0.3, -0.25) is 14.2 Å². The van der Waals surface area contributed by atoms with Crippen molar-refractivity contribution in [1.82, 2.24) is 14.9 Å². The van der Waals surface area contributed by atoms with Crippen molar-refractivity contribution in [2.24, 2.45) is 0 Å².